The van der Waals surface area contributed by atoms with Crippen molar-refractivity contribution in [3.8, 4) is 5.75 Å². The lowest BCUT2D eigenvalue weighted by atomic mass is 10.2. The summed E-state index contributed by atoms with van der Waals surface area (Å²) in [5, 5.41) is 0. The second-order valence-electron chi connectivity index (χ2n) is 6.26. The number of ether oxygens (including phenoxy) is 1. The Morgan fingerprint density at radius 3 is 2.52 bits per heavy atom. The first kappa shape index (κ1) is 18.2. The minimum atomic E-state index is -1.35. The van der Waals surface area contributed by atoms with Crippen LogP contribution in [0.25, 0.3) is 6.08 Å². The van der Waals surface area contributed by atoms with Gasteiger partial charge in [0.25, 0.3) is 0 Å². The lowest BCUT2D eigenvalue weighted by Crippen LogP contribution is -2.32. The fraction of sp³-hybridized carbons (Fsp3) is 0.529. The minimum absolute atomic E-state index is 0.613. The number of allylic oxidation sites excluding steroid dienone is 1. The average Bonchev–Trinajstić information content (AvgIpc) is 2.38. The summed E-state index contributed by atoms with van der Waals surface area (Å²) in [7, 11) is -1.96. The second-order valence-corrected chi connectivity index (χ2v) is 13.2. The molecule has 0 bridgehead atoms. The molecular weight excluding hydrogens is 292 g/mol. The summed E-state index contributed by atoms with van der Waals surface area (Å²) in [6.07, 6.45) is 6.42. The molecule has 1 aromatic carbocycles. The smallest absolute Gasteiger partial charge is 0.194 e. The molecule has 0 aliphatic carbocycles. The highest BCUT2D eigenvalue weighted by Crippen LogP contribution is 2.20. The molecule has 0 aromatic heterocycles. The maximum atomic E-state index is 6.14. The summed E-state index contributed by atoms with van der Waals surface area (Å²) in [5.41, 5.74) is 1.15. The van der Waals surface area contributed by atoms with Crippen LogP contribution in [0, 0.1) is 0 Å². The van der Waals surface area contributed by atoms with E-state index in [-0.39, 0.29) is 0 Å². The van der Waals surface area contributed by atoms with Gasteiger partial charge in [0.15, 0.2) is 17.4 Å². The summed E-state index contributed by atoms with van der Waals surface area (Å²) >= 11 is 0. The van der Waals surface area contributed by atoms with Gasteiger partial charge >= 0.3 is 0 Å². The minimum Gasteiger partial charge on any atom is -0.493 e. The van der Waals surface area contributed by atoms with Crippen molar-refractivity contribution in [2.24, 2.45) is 0 Å². The van der Waals surface area contributed by atoms with Gasteiger partial charge in [-0.25, -0.2) is 0 Å². The summed E-state index contributed by atoms with van der Waals surface area (Å²) in [6, 6.07) is 9.41. The fourth-order valence-electron chi connectivity index (χ4n) is 2.16. The summed E-state index contributed by atoms with van der Waals surface area (Å²) < 4.78 is 12.0. The zero-order chi connectivity index (χ0) is 15.7. The third-order valence-electron chi connectivity index (χ3n) is 2.93. The van der Waals surface area contributed by atoms with Gasteiger partial charge in [-0.1, -0.05) is 36.8 Å². The molecular formula is C17H29O2Si2. The van der Waals surface area contributed by atoms with Crippen molar-refractivity contribution in [2.45, 2.75) is 52.0 Å². The van der Waals surface area contributed by atoms with Gasteiger partial charge in [0.1, 0.15) is 5.75 Å². The lowest BCUT2D eigenvalue weighted by molar-refractivity contribution is 0.308. The van der Waals surface area contributed by atoms with Crippen LogP contribution in [0.4, 0.5) is 0 Å². The molecule has 0 amide bonds. The molecule has 0 fully saturated rings. The predicted molar refractivity (Wildman–Crippen MR) is 96.7 cm³/mol. The Morgan fingerprint density at radius 2 is 1.86 bits per heavy atom. The first-order valence-corrected chi connectivity index (χ1v) is 13.3. The first-order valence-electron chi connectivity index (χ1n) is 7.78. The van der Waals surface area contributed by atoms with Crippen LogP contribution in [-0.2, 0) is 4.12 Å². The molecule has 0 N–H and O–H groups in total. The zero-order valence-corrected chi connectivity index (χ0v) is 16.1. The highest BCUT2D eigenvalue weighted by molar-refractivity contribution is 6.77. The van der Waals surface area contributed by atoms with Crippen LogP contribution in [0.3, 0.4) is 0 Å². The largest absolute Gasteiger partial charge is 0.493 e. The highest BCUT2D eigenvalue weighted by Gasteiger charge is 2.18. The Labute approximate surface area is 133 Å². The van der Waals surface area contributed by atoms with Gasteiger partial charge in [-0.05, 0) is 51.6 Å². The zero-order valence-electron chi connectivity index (χ0n) is 14.1. The van der Waals surface area contributed by atoms with Gasteiger partial charge in [0.2, 0.25) is 0 Å². The molecule has 21 heavy (non-hydrogen) atoms. The number of rotatable bonds is 9. The number of hydrogen-bond donors (Lipinski definition) is 0. The molecule has 0 heterocycles. The monoisotopic (exact) mass is 321 g/mol. The first-order chi connectivity index (χ1) is 9.92. The van der Waals surface area contributed by atoms with Crippen LogP contribution in [-0.4, -0.2) is 24.0 Å². The molecule has 0 aliphatic heterocycles. The van der Waals surface area contributed by atoms with Crippen LogP contribution in [0.5, 0.6) is 5.75 Å². The van der Waals surface area contributed by atoms with E-state index in [1.807, 2.05) is 31.2 Å². The van der Waals surface area contributed by atoms with E-state index in [9.17, 15) is 0 Å². The molecule has 1 aromatic rings. The summed E-state index contributed by atoms with van der Waals surface area (Å²) in [5.74, 6) is 0.982. The van der Waals surface area contributed by atoms with Gasteiger partial charge in [-0.15, -0.1) is 0 Å². The Bertz CT molecular complexity index is 439. The quantitative estimate of drug-likeness (QED) is 0.451. The van der Waals surface area contributed by atoms with Crippen molar-refractivity contribution in [3.05, 3.63) is 35.9 Å². The molecule has 0 unspecified atom stereocenters. The number of hydrogen-bond acceptors (Lipinski definition) is 2. The van der Waals surface area contributed by atoms with Crippen molar-refractivity contribution >= 4 is 23.4 Å². The van der Waals surface area contributed by atoms with E-state index in [0.29, 0.717) is 0 Å². The molecule has 0 spiro atoms. The molecule has 1 rings (SSSR count). The van der Waals surface area contributed by atoms with Crippen LogP contribution in [0.15, 0.2) is 30.3 Å². The molecule has 0 atom stereocenters. The fourth-order valence-corrected chi connectivity index (χ4v) is 7.50. The SMILES string of the molecule is CC=Cc1ccccc1OCCCC[Si](C)O[Si](C)(C)C. The van der Waals surface area contributed by atoms with E-state index in [2.05, 4.69) is 38.3 Å². The van der Waals surface area contributed by atoms with Crippen molar-refractivity contribution < 1.29 is 8.85 Å². The van der Waals surface area contributed by atoms with Gasteiger partial charge < -0.3 is 8.85 Å². The molecule has 4 heteroatoms. The average molecular weight is 322 g/mol. The van der Waals surface area contributed by atoms with Crippen molar-refractivity contribution in [3.63, 3.8) is 0 Å². The van der Waals surface area contributed by atoms with Crippen molar-refractivity contribution in [2.75, 3.05) is 6.61 Å². The number of unbranched alkanes of at least 4 members (excludes halogenated alkanes) is 1. The van der Waals surface area contributed by atoms with E-state index in [4.69, 9.17) is 8.85 Å². The van der Waals surface area contributed by atoms with Gasteiger partial charge in [0.05, 0.1) is 6.61 Å². The van der Waals surface area contributed by atoms with Crippen LogP contribution < -0.4 is 4.74 Å². The predicted octanol–water partition coefficient (Wildman–Crippen LogP) is 5.35. The molecule has 0 saturated carbocycles. The van der Waals surface area contributed by atoms with Crippen molar-refractivity contribution in [1.29, 1.82) is 0 Å². The summed E-state index contributed by atoms with van der Waals surface area (Å²) in [6.45, 7) is 11.9. The lowest BCUT2D eigenvalue weighted by Gasteiger charge is -2.22. The third kappa shape index (κ3) is 8.24. The molecule has 2 nitrogen and oxygen atoms in total. The highest BCUT2D eigenvalue weighted by atomic mass is 28.4. The van der Waals surface area contributed by atoms with E-state index in [1.165, 1.54) is 12.5 Å². The third-order valence-corrected chi connectivity index (χ3v) is 7.83. The molecule has 1 radical (unpaired) electrons. The standard InChI is InChI=1S/C17H29O2Si2/c1-6-11-16-12-7-8-13-17(16)18-14-9-10-15-20(2)19-21(3,4)5/h6-8,11-13H,9-10,14-15H2,1-5H3. The second kappa shape index (κ2) is 9.23. The van der Waals surface area contributed by atoms with Gasteiger partial charge in [0, 0.05) is 5.56 Å². The van der Waals surface area contributed by atoms with Gasteiger partial charge in [-0.2, -0.15) is 0 Å². The van der Waals surface area contributed by atoms with Crippen LogP contribution >= 0.6 is 0 Å². The summed E-state index contributed by atoms with van der Waals surface area (Å²) in [4.78, 5) is 0. The van der Waals surface area contributed by atoms with E-state index in [0.717, 1.165) is 24.3 Å². The molecule has 117 valence electrons. The van der Waals surface area contributed by atoms with Crippen molar-refractivity contribution in [1.82, 2.24) is 0 Å². The Balaban J connectivity index is 2.26. The van der Waals surface area contributed by atoms with E-state index < -0.39 is 17.4 Å². The van der Waals surface area contributed by atoms with Crippen LogP contribution in [0.1, 0.15) is 25.3 Å². The number of para-hydroxylation sites is 1. The number of benzene rings is 1. The van der Waals surface area contributed by atoms with Gasteiger partial charge in [-0.3, -0.25) is 0 Å². The Kier molecular flexibility index (Phi) is 8.00. The van der Waals surface area contributed by atoms with E-state index >= 15 is 0 Å². The molecule has 0 saturated heterocycles. The van der Waals surface area contributed by atoms with Crippen LogP contribution in [0.2, 0.25) is 32.2 Å². The maximum absolute atomic E-state index is 6.14. The maximum Gasteiger partial charge on any atom is 0.194 e. The topological polar surface area (TPSA) is 18.5 Å². The Morgan fingerprint density at radius 1 is 1.14 bits per heavy atom. The van der Waals surface area contributed by atoms with E-state index in [1.54, 1.807) is 0 Å². The normalized spacial score (nSPS) is 12.3. The molecule has 0 aliphatic rings. The Hall–Kier alpha value is -0.846.